The molecule has 0 spiro atoms. The number of ether oxygens (including phenoxy) is 1. The van der Waals surface area contributed by atoms with Gasteiger partial charge in [-0.1, -0.05) is 0 Å². The molecule has 1 aliphatic rings. The minimum atomic E-state index is -0.997. The quantitative estimate of drug-likeness (QED) is 0.812. The van der Waals surface area contributed by atoms with Crippen LogP contribution in [0, 0.1) is 0 Å². The summed E-state index contributed by atoms with van der Waals surface area (Å²) >= 11 is 0. The third-order valence-electron chi connectivity index (χ3n) is 2.97. The topological polar surface area (TPSA) is 68.5 Å². The van der Waals surface area contributed by atoms with Gasteiger partial charge in [0.05, 0.1) is 12.2 Å². The molecule has 0 saturated carbocycles. The maximum atomic E-state index is 11.7. The van der Waals surface area contributed by atoms with Gasteiger partial charge in [-0.25, -0.2) is 9.59 Å². The highest BCUT2D eigenvalue weighted by molar-refractivity contribution is 5.95. The van der Waals surface area contributed by atoms with Crippen molar-refractivity contribution in [1.82, 2.24) is 4.57 Å². The lowest BCUT2D eigenvalue weighted by Crippen LogP contribution is -2.17. The average Bonchev–Trinajstić information content (AvgIpc) is 2.69. The first-order valence-electron chi connectivity index (χ1n) is 5.78. The molecular formula is C12H15NO4. The smallest absolute Gasteiger partial charge is 0.352 e. The van der Waals surface area contributed by atoms with Crippen molar-refractivity contribution in [1.29, 1.82) is 0 Å². The van der Waals surface area contributed by atoms with E-state index in [0.717, 1.165) is 25.0 Å². The summed E-state index contributed by atoms with van der Waals surface area (Å²) in [5, 5.41) is 9.09. The fraction of sp³-hybridized carbons (Fsp3) is 0.500. The first-order valence-corrected chi connectivity index (χ1v) is 5.78. The number of carboxylic acids is 1. The number of carbonyl (C=O) groups excluding carboxylic acids is 1. The molecule has 5 nitrogen and oxygen atoms in total. The molecule has 0 fully saturated rings. The van der Waals surface area contributed by atoms with Gasteiger partial charge in [0.15, 0.2) is 0 Å². The van der Waals surface area contributed by atoms with Crippen molar-refractivity contribution in [2.45, 2.75) is 32.7 Å². The van der Waals surface area contributed by atoms with Gasteiger partial charge in [0.2, 0.25) is 0 Å². The van der Waals surface area contributed by atoms with Gasteiger partial charge in [-0.05, 0) is 32.3 Å². The molecule has 92 valence electrons. The number of aromatic nitrogens is 1. The molecule has 0 saturated heterocycles. The Kier molecular flexibility index (Phi) is 3.17. The van der Waals surface area contributed by atoms with E-state index in [9.17, 15) is 9.59 Å². The van der Waals surface area contributed by atoms with E-state index in [4.69, 9.17) is 9.84 Å². The lowest BCUT2D eigenvalue weighted by atomic mass is 10.1. The second-order valence-electron chi connectivity index (χ2n) is 4.02. The average molecular weight is 237 g/mol. The summed E-state index contributed by atoms with van der Waals surface area (Å²) in [6, 6.07) is 1.43. The molecule has 17 heavy (non-hydrogen) atoms. The Morgan fingerprint density at radius 3 is 2.88 bits per heavy atom. The maximum Gasteiger partial charge on any atom is 0.352 e. The predicted octanol–water partition coefficient (Wildman–Crippen LogP) is 1.70. The molecule has 2 rings (SSSR count). The lowest BCUT2D eigenvalue weighted by molar-refractivity contribution is 0.0524. The number of fused-ring (bicyclic) bond motifs is 1. The molecule has 0 aliphatic carbocycles. The first-order chi connectivity index (χ1) is 8.15. The van der Waals surface area contributed by atoms with Crippen molar-refractivity contribution in [3.63, 3.8) is 0 Å². The van der Waals surface area contributed by atoms with Crippen LogP contribution in [0.3, 0.4) is 0 Å². The largest absolute Gasteiger partial charge is 0.477 e. The summed E-state index contributed by atoms with van der Waals surface area (Å²) in [5.74, 6) is -1.42. The summed E-state index contributed by atoms with van der Waals surface area (Å²) in [6.07, 6.45) is 2.67. The minimum Gasteiger partial charge on any atom is -0.477 e. The second kappa shape index (κ2) is 4.61. The highest BCUT2D eigenvalue weighted by atomic mass is 16.5. The van der Waals surface area contributed by atoms with Gasteiger partial charge in [-0.2, -0.15) is 0 Å². The summed E-state index contributed by atoms with van der Waals surface area (Å²) in [4.78, 5) is 22.8. The van der Waals surface area contributed by atoms with Crippen LogP contribution in [0.4, 0.5) is 0 Å². The normalized spacial score (nSPS) is 14.2. The van der Waals surface area contributed by atoms with Crippen LogP contribution in [-0.2, 0) is 17.7 Å². The number of carboxylic acid groups (broad SMARTS) is 1. The van der Waals surface area contributed by atoms with Gasteiger partial charge in [-0.3, -0.25) is 0 Å². The molecule has 1 aliphatic heterocycles. The van der Waals surface area contributed by atoms with Crippen molar-refractivity contribution in [3.05, 3.63) is 23.0 Å². The molecule has 5 heteroatoms. The summed E-state index contributed by atoms with van der Waals surface area (Å²) < 4.78 is 6.66. The second-order valence-corrected chi connectivity index (χ2v) is 4.02. The Balaban J connectivity index is 2.45. The molecular weight excluding hydrogens is 222 g/mol. The fourth-order valence-electron chi connectivity index (χ4n) is 2.24. The molecule has 0 unspecified atom stereocenters. The van der Waals surface area contributed by atoms with Gasteiger partial charge < -0.3 is 14.4 Å². The number of aromatic carboxylic acids is 1. The van der Waals surface area contributed by atoms with Gasteiger partial charge in [0.25, 0.3) is 0 Å². The van der Waals surface area contributed by atoms with E-state index in [1.54, 1.807) is 11.5 Å². The molecule has 2 heterocycles. The first kappa shape index (κ1) is 11.7. The number of hydrogen-bond donors (Lipinski definition) is 1. The highest BCUT2D eigenvalue weighted by Gasteiger charge is 2.25. The number of rotatable bonds is 3. The van der Waals surface area contributed by atoms with Gasteiger partial charge in [0, 0.05) is 12.2 Å². The Morgan fingerprint density at radius 1 is 1.47 bits per heavy atom. The van der Waals surface area contributed by atoms with Crippen LogP contribution in [0.5, 0.6) is 0 Å². The number of esters is 1. The zero-order chi connectivity index (χ0) is 12.4. The zero-order valence-electron chi connectivity index (χ0n) is 9.73. The van der Waals surface area contributed by atoms with Gasteiger partial charge in [-0.15, -0.1) is 0 Å². The van der Waals surface area contributed by atoms with Crippen LogP contribution in [0.1, 0.15) is 46.3 Å². The van der Waals surface area contributed by atoms with Crippen LogP contribution in [0.25, 0.3) is 0 Å². The van der Waals surface area contributed by atoms with Crippen molar-refractivity contribution in [2.75, 3.05) is 6.61 Å². The number of nitrogens with zero attached hydrogens (tertiary/aromatic N) is 1. The third-order valence-corrected chi connectivity index (χ3v) is 2.97. The molecule has 0 aromatic carbocycles. The van der Waals surface area contributed by atoms with Crippen molar-refractivity contribution >= 4 is 11.9 Å². The Bertz CT molecular complexity index is 461. The van der Waals surface area contributed by atoms with Crippen molar-refractivity contribution in [3.8, 4) is 0 Å². The zero-order valence-corrected chi connectivity index (χ0v) is 9.73. The van der Waals surface area contributed by atoms with E-state index in [1.165, 1.54) is 6.07 Å². The molecule has 0 amide bonds. The fourth-order valence-corrected chi connectivity index (χ4v) is 2.24. The Labute approximate surface area is 99.0 Å². The van der Waals surface area contributed by atoms with E-state index < -0.39 is 11.9 Å². The maximum absolute atomic E-state index is 11.7. The van der Waals surface area contributed by atoms with Crippen LogP contribution in [-0.4, -0.2) is 28.2 Å². The van der Waals surface area contributed by atoms with Crippen molar-refractivity contribution in [2.24, 2.45) is 0 Å². The minimum absolute atomic E-state index is 0.183. The predicted molar refractivity (Wildman–Crippen MR) is 60.3 cm³/mol. The van der Waals surface area contributed by atoms with E-state index in [0.29, 0.717) is 18.7 Å². The summed E-state index contributed by atoms with van der Waals surface area (Å²) in [7, 11) is 0. The van der Waals surface area contributed by atoms with Gasteiger partial charge in [0.1, 0.15) is 5.69 Å². The summed E-state index contributed by atoms with van der Waals surface area (Å²) in [5.41, 5.74) is 1.39. The number of carbonyl (C=O) groups is 2. The molecule has 1 aromatic heterocycles. The molecule has 0 atom stereocenters. The molecule has 1 N–H and O–H groups in total. The van der Waals surface area contributed by atoms with Crippen molar-refractivity contribution < 1.29 is 19.4 Å². The van der Waals surface area contributed by atoms with E-state index >= 15 is 0 Å². The van der Waals surface area contributed by atoms with E-state index in [1.807, 2.05) is 0 Å². The van der Waals surface area contributed by atoms with E-state index in [2.05, 4.69) is 0 Å². The van der Waals surface area contributed by atoms with Crippen LogP contribution < -0.4 is 0 Å². The van der Waals surface area contributed by atoms with E-state index in [-0.39, 0.29) is 5.69 Å². The Morgan fingerprint density at radius 2 is 2.24 bits per heavy atom. The third kappa shape index (κ3) is 2.05. The van der Waals surface area contributed by atoms with Gasteiger partial charge >= 0.3 is 11.9 Å². The molecule has 1 aromatic rings. The summed E-state index contributed by atoms with van der Waals surface area (Å²) in [6.45, 7) is 2.70. The van der Waals surface area contributed by atoms with Crippen LogP contribution >= 0.6 is 0 Å². The SMILES string of the molecule is CCOC(=O)c1cc(C(=O)O)n2c1CCCC2. The lowest BCUT2D eigenvalue weighted by Gasteiger charge is -2.17. The monoisotopic (exact) mass is 237 g/mol. The van der Waals surface area contributed by atoms with Crippen LogP contribution in [0.15, 0.2) is 6.07 Å². The molecule has 0 radical (unpaired) electrons. The van der Waals surface area contributed by atoms with Crippen LogP contribution in [0.2, 0.25) is 0 Å². The number of hydrogen-bond acceptors (Lipinski definition) is 3. The standard InChI is InChI=1S/C12H15NO4/c1-2-17-12(16)8-7-10(11(14)15)13-6-4-3-5-9(8)13/h7H,2-6H2,1H3,(H,14,15). The Hall–Kier alpha value is -1.78. The highest BCUT2D eigenvalue weighted by Crippen LogP contribution is 2.24. The molecule has 0 bridgehead atoms.